The summed E-state index contributed by atoms with van der Waals surface area (Å²) in [5.74, 6) is 0.393. The Kier molecular flexibility index (Phi) is 3.92. The number of nitrogens with two attached hydrogens (primary N) is 1. The molecule has 0 aliphatic heterocycles. The Hall–Kier alpha value is -2.60. The molecule has 0 atom stereocenters. The van der Waals surface area contributed by atoms with Gasteiger partial charge in [-0.1, -0.05) is 30.3 Å². The molecule has 0 aliphatic rings. The van der Waals surface area contributed by atoms with Crippen molar-refractivity contribution < 1.29 is 13.2 Å². The summed E-state index contributed by atoms with van der Waals surface area (Å²) in [7, 11) is 0. The van der Waals surface area contributed by atoms with Crippen LogP contribution in [0.1, 0.15) is 11.1 Å². The zero-order valence-corrected chi connectivity index (χ0v) is 12.1. The third-order valence-electron chi connectivity index (χ3n) is 3.51. The molecule has 0 fully saturated rings. The molecule has 3 N–H and O–H groups in total. The van der Waals surface area contributed by atoms with Gasteiger partial charge in [0.05, 0.1) is 17.5 Å². The van der Waals surface area contributed by atoms with Gasteiger partial charge in [-0.25, -0.2) is 4.98 Å². The Bertz CT molecular complexity index is 822. The predicted molar refractivity (Wildman–Crippen MR) is 82.4 cm³/mol. The smallest absolute Gasteiger partial charge is 0.338 e. The molecule has 6 heteroatoms. The Balaban J connectivity index is 1.96. The summed E-state index contributed by atoms with van der Waals surface area (Å²) in [6, 6.07) is 12.7. The first kappa shape index (κ1) is 15.3. The van der Waals surface area contributed by atoms with E-state index in [1.165, 1.54) is 6.07 Å². The fraction of sp³-hybridized carbons (Fsp3) is 0.118. The first-order chi connectivity index (χ1) is 11.0. The van der Waals surface area contributed by atoms with Crippen molar-refractivity contribution in [1.29, 1.82) is 0 Å². The monoisotopic (exact) mass is 317 g/mol. The van der Waals surface area contributed by atoms with Gasteiger partial charge in [-0.15, -0.1) is 0 Å². The third-order valence-corrected chi connectivity index (χ3v) is 3.51. The van der Waals surface area contributed by atoms with E-state index in [1.54, 1.807) is 12.3 Å². The largest absolute Gasteiger partial charge is 0.416 e. The van der Waals surface area contributed by atoms with Gasteiger partial charge in [0.15, 0.2) is 0 Å². The van der Waals surface area contributed by atoms with E-state index in [0.29, 0.717) is 17.9 Å². The number of hydrogen-bond acceptors (Lipinski definition) is 2. The van der Waals surface area contributed by atoms with Crippen molar-refractivity contribution in [3.63, 3.8) is 0 Å². The van der Waals surface area contributed by atoms with E-state index < -0.39 is 11.7 Å². The number of hydrogen-bond donors (Lipinski definition) is 2. The molecular formula is C17H14F3N3. The summed E-state index contributed by atoms with van der Waals surface area (Å²) in [5.41, 5.74) is 7.90. The lowest BCUT2D eigenvalue weighted by molar-refractivity contribution is -0.137. The number of nitrogens with one attached hydrogen (secondary N) is 1. The standard InChI is InChI=1S/C17H14F3N3/c18-17(19,20)14-6-2-5-13(8-14)16-22-10-15(23-16)12-4-1-3-11(7-12)9-21/h1-8,10H,9,21H2,(H,22,23). The molecule has 0 unspecified atom stereocenters. The number of aromatic amines is 1. The van der Waals surface area contributed by atoms with Crippen LogP contribution in [-0.2, 0) is 12.7 Å². The van der Waals surface area contributed by atoms with Gasteiger partial charge in [-0.05, 0) is 29.3 Å². The second-order valence-electron chi connectivity index (χ2n) is 5.13. The number of rotatable bonds is 3. The van der Waals surface area contributed by atoms with Crippen molar-refractivity contribution in [3.05, 3.63) is 65.9 Å². The van der Waals surface area contributed by atoms with Crippen molar-refractivity contribution in [3.8, 4) is 22.6 Å². The minimum atomic E-state index is -4.37. The highest BCUT2D eigenvalue weighted by Gasteiger charge is 2.30. The number of halogens is 3. The molecule has 3 nitrogen and oxygen atoms in total. The van der Waals surface area contributed by atoms with Gasteiger partial charge in [-0.2, -0.15) is 13.2 Å². The van der Waals surface area contributed by atoms with Crippen molar-refractivity contribution in [2.45, 2.75) is 12.7 Å². The quantitative estimate of drug-likeness (QED) is 0.760. The van der Waals surface area contributed by atoms with E-state index in [1.807, 2.05) is 24.3 Å². The van der Waals surface area contributed by atoms with Crippen LogP contribution in [-0.4, -0.2) is 9.97 Å². The Morgan fingerprint density at radius 3 is 2.48 bits per heavy atom. The maximum Gasteiger partial charge on any atom is 0.416 e. The summed E-state index contributed by atoms with van der Waals surface area (Å²) >= 11 is 0. The van der Waals surface area contributed by atoms with Gasteiger partial charge in [0, 0.05) is 12.1 Å². The van der Waals surface area contributed by atoms with Gasteiger partial charge in [0.1, 0.15) is 5.82 Å². The predicted octanol–water partition coefficient (Wildman–Crippen LogP) is 4.22. The van der Waals surface area contributed by atoms with E-state index in [0.717, 1.165) is 29.0 Å². The fourth-order valence-electron chi connectivity index (χ4n) is 2.32. The normalized spacial score (nSPS) is 11.7. The summed E-state index contributed by atoms with van der Waals surface area (Å²) < 4.78 is 38.4. The number of benzene rings is 2. The highest BCUT2D eigenvalue weighted by molar-refractivity contribution is 5.65. The van der Waals surface area contributed by atoms with Gasteiger partial charge >= 0.3 is 6.18 Å². The summed E-state index contributed by atoms with van der Waals surface area (Å²) in [4.78, 5) is 7.24. The number of alkyl halides is 3. The SMILES string of the molecule is NCc1cccc(-c2cnc(-c3cccc(C(F)(F)F)c3)[nH]2)c1. The molecule has 0 bridgehead atoms. The van der Waals surface area contributed by atoms with Crippen LogP contribution in [0, 0.1) is 0 Å². The van der Waals surface area contributed by atoms with Crippen LogP contribution in [0.25, 0.3) is 22.6 Å². The zero-order chi connectivity index (χ0) is 16.4. The average Bonchev–Trinajstić information content (AvgIpc) is 3.04. The highest BCUT2D eigenvalue weighted by atomic mass is 19.4. The lowest BCUT2D eigenvalue weighted by Crippen LogP contribution is -2.04. The molecule has 0 radical (unpaired) electrons. The summed E-state index contributed by atoms with van der Waals surface area (Å²) in [5, 5.41) is 0. The topological polar surface area (TPSA) is 54.7 Å². The third kappa shape index (κ3) is 3.27. The van der Waals surface area contributed by atoms with Crippen LogP contribution in [0.3, 0.4) is 0 Å². The molecule has 0 amide bonds. The molecule has 0 spiro atoms. The maximum atomic E-state index is 12.8. The first-order valence-electron chi connectivity index (χ1n) is 6.99. The first-order valence-corrected chi connectivity index (χ1v) is 6.99. The van der Waals surface area contributed by atoms with Gasteiger partial charge in [0.25, 0.3) is 0 Å². The molecule has 3 aromatic rings. The second-order valence-corrected chi connectivity index (χ2v) is 5.13. The average molecular weight is 317 g/mol. The molecule has 2 aromatic carbocycles. The van der Waals surface area contributed by atoms with Gasteiger partial charge < -0.3 is 10.7 Å². The van der Waals surface area contributed by atoms with Crippen molar-refractivity contribution in [1.82, 2.24) is 9.97 Å². The van der Waals surface area contributed by atoms with Crippen molar-refractivity contribution in [2.75, 3.05) is 0 Å². The van der Waals surface area contributed by atoms with Crippen LogP contribution >= 0.6 is 0 Å². The molecular weight excluding hydrogens is 303 g/mol. The Morgan fingerprint density at radius 1 is 1.00 bits per heavy atom. The van der Waals surface area contributed by atoms with Crippen molar-refractivity contribution in [2.24, 2.45) is 5.73 Å². The molecule has 3 rings (SSSR count). The van der Waals surface area contributed by atoms with Crippen molar-refractivity contribution >= 4 is 0 Å². The van der Waals surface area contributed by atoms with E-state index in [-0.39, 0.29) is 0 Å². The fourth-order valence-corrected chi connectivity index (χ4v) is 2.32. The summed E-state index contributed by atoms with van der Waals surface area (Å²) in [6.45, 7) is 0.419. The lowest BCUT2D eigenvalue weighted by atomic mass is 10.1. The molecule has 0 saturated heterocycles. The van der Waals surface area contributed by atoms with E-state index in [2.05, 4.69) is 9.97 Å². The minimum Gasteiger partial charge on any atom is -0.338 e. The van der Waals surface area contributed by atoms with E-state index in [4.69, 9.17) is 5.73 Å². The van der Waals surface area contributed by atoms with Crippen LogP contribution in [0.4, 0.5) is 13.2 Å². The zero-order valence-electron chi connectivity index (χ0n) is 12.1. The highest BCUT2D eigenvalue weighted by Crippen LogP contribution is 2.32. The number of nitrogens with zero attached hydrogens (tertiary/aromatic N) is 1. The number of H-pyrrole nitrogens is 1. The van der Waals surface area contributed by atoms with E-state index >= 15 is 0 Å². The van der Waals surface area contributed by atoms with Crippen LogP contribution in [0.5, 0.6) is 0 Å². The minimum absolute atomic E-state index is 0.390. The molecule has 118 valence electrons. The van der Waals surface area contributed by atoms with Crippen LogP contribution in [0.2, 0.25) is 0 Å². The van der Waals surface area contributed by atoms with Crippen LogP contribution < -0.4 is 5.73 Å². The maximum absolute atomic E-state index is 12.8. The van der Waals surface area contributed by atoms with Crippen LogP contribution in [0.15, 0.2) is 54.7 Å². The molecule has 0 saturated carbocycles. The summed E-state index contributed by atoms with van der Waals surface area (Å²) in [6.07, 6.45) is -2.77. The Morgan fingerprint density at radius 2 is 1.74 bits per heavy atom. The molecule has 0 aliphatic carbocycles. The lowest BCUT2D eigenvalue weighted by Gasteiger charge is -2.07. The number of imidazole rings is 1. The molecule has 1 heterocycles. The van der Waals surface area contributed by atoms with Gasteiger partial charge in [0.2, 0.25) is 0 Å². The molecule has 23 heavy (non-hydrogen) atoms. The Labute approximate surface area is 131 Å². The number of aromatic nitrogens is 2. The molecule has 1 aromatic heterocycles. The van der Waals surface area contributed by atoms with E-state index in [9.17, 15) is 13.2 Å². The second kappa shape index (κ2) is 5.89. The van der Waals surface area contributed by atoms with Gasteiger partial charge in [-0.3, -0.25) is 0 Å².